The van der Waals surface area contributed by atoms with Crippen LogP contribution in [-0.4, -0.2) is 31.6 Å². The van der Waals surface area contributed by atoms with Gasteiger partial charge in [-0.2, -0.15) is 0 Å². The summed E-state index contributed by atoms with van der Waals surface area (Å²) in [6.07, 6.45) is 2.99. The number of hydrogen-bond donors (Lipinski definition) is 1. The van der Waals surface area contributed by atoms with Crippen molar-refractivity contribution in [2.75, 3.05) is 13.3 Å². The molecule has 0 aliphatic heterocycles. The molecule has 1 aliphatic rings. The van der Waals surface area contributed by atoms with Crippen LogP contribution in [0.4, 0.5) is 9.18 Å². The molecule has 0 spiro atoms. The molecule has 0 aromatic carbocycles. The van der Waals surface area contributed by atoms with Crippen LogP contribution in [0, 0.1) is 5.92 Å². The van der Waals surface area contributed by atoms with Crippen molar-refractivity contribution in [3.8, 4) is 0 Å². The fourth-order valence-corrected chi connectivity index (χ4v) is 1.87. The highest BCUT2D eigenvalue weighted by molar-refractivity contribution is 5.72. The Morgan fingerprint density at radius 3 is 2.56 bits per heavy atom. The molecule has 1 fully saturated rings. The maximum Gasteiger partial charge on any atom is 0.410 e. The van der Waals surface area contributed by atoms with Gasteiger partial charge in [0.1, 0.15) is 6.17 Å². The van der Waals surface area contributed by atoms with Crippen molar-refractivity contribution in [3.05, 3.63) is 0 Å². The Labute approximate surface area is 106 Å². The van der Waals surface area contributed by atoms with Gasteiger partial charge < -0.3 is 14.8 Å². The highest BCUT2D eigenvalue weighted by atomic mass is 19.1. The van der Waals surface area contributed by atoms with Crippen LogP contribution in [-0.2, 0) is 14.3 Å². The number of amides is 1. The number of rotatable bonds is 5. The molecule has 1 rings (SSSR count). The van der Waals surface area contributed by atoms with E-state index in [4.69, 9.17) is 4.74 Å². The first kappa shape index (κ1) is 14.7. The zero-order valence-electron chi connectivity index (χ0n) is 10.6. The van der Waals surface area contributed by atoms with Crippen molar-refractivity contribution in [2.24, 2.45) is 5.92 Å². The SMILES string of the molecule is C[C@H](F)CNC(=O)OCOC(=O)C1CCCCC1. The first-order chi connectivity index (χ1) is 8.59. The molecular weight excluding hydrogens is 241 g/mol. The van der Waals surface area contributed by atoms with Crippen molar-refractivity contribution < 1.29 is 23.5 Å². The summed E-state index contributed by atoms with van der Waals surface area (Å²) >= 11 is 0. The fourth-order valence-electron chi connectivity index (χ4n) is 1.87. The van der Waals surface area contributed by atoms with Gasteiger partial charge >= 0.3 is 12.1 Å². The van der Waals surface area contributed by atoms with Crippen LogP contribution in [0.3, 0.4) is 0 Å². The summed E-state index contributed by atoms with van der Waals surface area (Å²) in [5.74, 6) is -0.391. The molecule has 0 aromatic rings. The molecule has 1 N–H and O–H groups in total. The Morgan fingerprint density at radius 2 is 1.94 bits per heavy atom. The van der Waals surface area contributed by atoms with Gasteiger partial charge in [-0.15, -0.1) is 0 Å². The Bertz CT molecular complexity index is 277. The zero-order valence-corrected chi connectivity index (χ0v) is 10.6. The Balaban J connectivity index is 2.09. The predicted molar refractivity (Wildman–Crippen MR) is 62.6 cm³/mol. The highest BCUT2D eigenvalue weighted by Gasteiger charge is 2.22. The van der Waals surface area contributed by atoms with Crippen molar-refractivity contribution in [1.29, 1.82) is 0 Å². The maximum absolute atomic E-state index is 12.4. The van der Waals surface area contributed by atoms with E-state index < -0.39 is 19.1 Å². The normalized spacial score (nSPS) is 17.9. The molecule has 0 bridgehead atoms. The van der Waals surface area contributed by atoms with Gasteiger partial charge in [0.05, 0.1) is 12.5 Å². The lowest BCUT2D eigenvalue weighted by molar-refractivity contribution is -0.157. The van der Waals surface area contributed by atoms with Gasteiger partial charge in [-0.1, -0.05) is 19.3 Å². The van der Waals surface area contributed by atoms with Gasteiger partial charge in [-0.25, -0.2) is 9.18 Å². The minimum Gasteiger partial charge on any atom is -0.428 e. The highest BCUT2D eigenvalue weighted by Crippen LogP contribution is 2.24. The first-order valence-electron chi connectivity index (χ1n) is 6.31. The molecule has 5 nitrogen and oxygen atoms in total. The smallest absolute Gasteiger partial charge is 0.410 e. The molecule has 1 aliphatic carbocycles. The van der Waals surface area contributed by atoms with Crippen LogP contribution in [0.1, 0.15) is 39.0 Å². The molecule has 18 heavy (non-hydrogen) atoms. The van der Waals surface area contributed by atoms with E-state index in [9.17, 15) is 14.0 Å². The van der Waals surface area contributed by atoms with Crippen LogP contribution in [0.5, 0.6) is 0 Å². The first-order valence-corrected chi connectivity index (χ1v) is 6.31. The van der Waals surface area contributed by atoms with E-state index in [0.717, 1.165) is 32.1 Å². The van der Waals surface area contributed by atoms with Gasteiger partial charge in [-0.3, -0.25) is 4.79 Å². The number of ether oxygens (including phenoxy) is 2. The quantitative estimate of drug-likeness (QED) is 0.608. The van der Waals surface area contributed by atoms with E-state index in [1.807, 2.05) is 0 Å². The van der Waals surface area contributed by atoms with E-state index in [1.54, 1.807) is 0 Å². The molecule has 0 saturated heterocycles. The molecule has 1 saturated carbocycles. The van der Waals surface area contributed by atoms with Gasteiger partial charge in [0.25, 0.3) is 0 Å². The van der Waals surface area contributed by atoms with Crippen LogP contribution in [0.2, 0.25) is 0 Å². The molecule has 6 heteroatoms. The average molecular weight is 261 g/mol. The molecule has 1 atom stereocenters. The van der Waals surface area contributed by atoms with Crippen LogP contribution in [0.15, 0.2) is 0 Å². The maximum atomic E-state index is 12.4. The number of carbonyl (C=O) groups is 2. The summed E-state index contributed by atoms with van der Waals surface area (Å²) in [6, 6.07) is 0. The van der Waals surface area contributed by atoms with Crippen LogP contribution in [0.25, 0.3) is 0 Å². The van der Waals surface area contributed by atoms with Crippen molar-refractivity contribution >= 4 is 12.1 Å². The monoisotopic (exact) mass is 261 g/mol. The number of esters is 1. The number of hydrogen-bond acceptors (Lipinski definition) is 4. The number of halogens is 1. The Hall–Kier alpha value is -1.33. The lowest BCUT2D eigenvalue weighted by Crippen LogP contribution is -2.31. The van der Waals surface area contributed by atoms with E-state index in [0.29, 0.717) is 0 Å². The van der Waals surface area contributed by atoms with Gasteiger partial charge in [0.2, 0.25) is 6.79 Å². The van der Waals surface area contributed by atoms with Crippen molar-refractivity contribution in [3.63, 3.8) is 0 Å². The fraction of sp³-hybridized carbons (Fsp3) is 0.833. The Kier molecular flexibility index (Phi) is 6.46. The number of alkyl halides is 1. The summed E-state index contributed by atoms with van der Waals surface area (Å²) < 4.78 is 21.8. The van der Waals surface area contributed by atoms with Gasteiger partial charge in [-0.05, 0) is 19.8 Å². The summed E-state index contributed by atoms with van der Waals surface area (Å²) in [4.78, 5) is 22.6. The molecular formula is C12H20FNO4. The summed E-state index contributed by atoms with van der Waals surface area (Å²) in [7, 11) is 0. The van der Waals surface area contributed by atoms with E-state index in [1.165, 1.54) is 6.92 Å². The number of alkyl carbamates (subject to hydrolysis) is 1. The predicted octanol–water partition coefficient (Wildman–Crippen LogP) is 2.15. The second-order valence-corrected chi connectivity index (χ2v) is 4.51. The zero-order chi connectivity index (χ0) is 13.4. The molecule has 0 aromatic heterocycles. The minimum absolute atomic E-state index is 0.0729. The van der Waals surface area contributed by atoms with Gasteiger partial charge in [0, 0.05) is 0 Å². The third-order valence-corrected chi connectivity index (χ3v) is 2.86. The van der Waals surface area contributed by atoms with Gasteiger partial charge in [0.15, 0.2) is 0 Å². The second-order valence-electron chi connectivity index (χ2n) is 4.51. The Morgan fingerprint density at radius 1 is 1.28 bits per heavy atom. The van der Waals surface area contributed by atoms with Crippen molar-refractivity contribution in [1.82, 2.24) is 5.32 Å². The minimum atomic E-state index is -1.14. The standard InChI is InChI=1S/C12H20FNO4/c1-9(13)7-14-12(16)18-8-17-11(15)10-5-3-2-4-6-10/h9-10H,2-8H2,1H3,(H,14,16)/t9-/m0/s1. The third-order valence-electron chi connectivity index (χ3n) is 2.86. The average Bonchev–Trinajstić information content (AvgIpc) is 2.37. The van der Waals surface area contributed by atoms with E-state index in [2.05, 4.69) is 10.1 Å². The second kappa shape index (κ2) is 7.89. The van der Waals surface area contributed by atoms with Crippen LogP contribution < -0.4 is 5.32 Å². The third kappa shape index (κ3) is 5.84. The topological polar surface area (TPSA) is 64.6 Å². The number of nitrogens with one attached hydrogen (secondary N) is 1. The summed E-state index contributed by atoms with van der Waals surface area (Å²) in [5.41, 5.74) is 0. The summed E-state index contributed by atoms with van der Waals surface area (Å²) in [5, 5.41) is 2.21. The largest absolute Gasteiger partial charge is 0.428 e. The van der Waals surface area contributed by atoms with Crippen LogP contribution >= 0.6 is 0 Å². The van der Waals surface area contributed by atoms with E-state index >= 15 is 0 Å². The lowest BCUT2D eigenvalue weighted by Gasteiger charge is -2.19. The van der Waals surface area contributed by atoms with E-state index in [-0.39, 0.29) is 18.4 Å². The summed E-state index contributed by atoms with van der Waals surface area (Å²) in [6.45, 7) is 0.792. The molecule has 1 amide bonds. The molecule has 0 radical (unpaired) electrons. The molecule has 0 heterocycles. The lowest BCUT2D eigenvalue weighted by atomic mass is 9.89. The number of carbonyl (C=O) groups excluding carboxylic acids is 2. The molecule has 104 valence electrons. The molecule has 0 unspecified atom stereocenters. The van der Waals surface area contributed by atoms with Crippen molar-refractivity contribution in [2.45, 2.75) is 45.2 Å².